The first-order chi connectivity index (χ1) is 13.7. The number of carbonyl (C=O) groups is 2. The number of nitrogens with one attached hydrogen (secondary N) is 1. The summed E-state index contributed by atoms with van der Waals surface area (Å²) >= 11 is 0. The largest absolute Gasteiger partial charge is 0.339 e. The fraction of sp³-hybridized carbons (Fsp3) is 0.400. The molecule has 0 aliphatic carbocycles. The average Bonchev–Trinajstić information content (AvgIpc) is 3.19. The Morgan fingerprint density at radius 2 is 1.71 bits per heavy atom. The van der Waals surface area contributed by atoms with Crippen LogP contribution >= 0.6 is 0 Å². The highest BCUT2D eigenvalue weighted by atomic mass is 16.2. The maximum Gasteiger partial charge on any atom is 0.321 e. The van der Waals surface area contributed by atoms with Crippen LogP contribution in [0.3, 0.4) is 0 Å². The fourth-order valence-electron chi connectivity index (χ4n) is 3.69. The predicted octanol–water partition coefficient (Wildman–Crippen LogP) is 1.29. The van der Waals surface area contributed by atoms with Crippen molar-refractivity contribution in [2.75, 3.05) is 49.1 Å². The monoisotopic (exact) mass is 380 g/mol. The van der Waals surface area contributed by atoms with Crippen molar-refractivity contribution >= 4 is 23.6 Å². The highest BCUT2D eigenvalue weighted by molar-refractivity contribution is 5.94. The fourth-order valence-corrected chi connectivity index (χ4v) is 3.69. The molecule has 0 radical (unpaired) electrons. The highest BCUT2D eigenvalue weighted by Crippen LogP contribution is 2.27. The maximum atomic E-state index is 12.5. The third-order valence-corrected chi connectivity index (χ3v) is 5.21. The Kier molecular flexibility index (Phi) is 5.36. The lowest BCUT2D eigenvalue weighted by Crippen LogP contribution is -2.50. The molecule has 28 heavy (non-hydrogen) atoms. The quantitative estimate of drug-likeness (QED) is 0.864. The number of carbonyl (C=O) groups excluding carboxylic acids is 2. The lowest BCUT2D eigenvalue weighted by Gasteiger charge is -2.34. The number of hydrogen-bond acceptors (Lipinski definition) is 5. The molecular formula is C20H24N6O2. The summed E-state index contributed by atoms with van der Waals surface area (Å²) in [5.74, 6) is 0.767. The van der Waals surface area contributed by atoms with E-state index < -0.39 is 0 Å². The molecule has 3 heterocycles. The minimum absolute atomic E-state index is 0.0655. The Morgan fingerprint density at radius 3 is 2.50 bits per heavy atom. The third kappa shape index (κ3) is 3.90. The minimum Gasteiger partial charge on any atom is -0.339 e. The normalized spacial score (nSPS) is 16.1. The Morgan fingerprint density at radius 1 is 0.964 bits per heavy atom. The van der Waals surface area contributed by atoms with Gasteiger partial charge >= 0.3 is 6.03 Å². The number of piperazine rings is 1. The molecule has 1 N–H and O–H groups in total. The summed E-state index contributed by atoms with van der Waals surface area (Å²) < 4.78 is 0. The van der Waals surface area contributed by atoms with Crippen LogP contribution in [0, 0.1) is 0 Å². The van der Waals surface area contributed by atoms with E-state index in [0.29, 0.717) is 51.6 Å². The molecule has 0 unspecified atom stereocenters. The molecule has 1 aromatic heterocycles. The first kappa shape index (κ1) is 18.2. The van der Waals surface area contributed by atoms with Gasteiger partial charge in [-0.05, 0) is 24.1 Å². The third-order valence-electron chi connectivity index (χ3n) is 5.21. The van der Waals surface area contributed by atoms with Crippen LogP contribution in [0.2, 0.25) is 0 Å². The van der Waals surface area contributed by atoms with Crippen molar-refractivity contribution < 1.29 is 9.59 Å². The SMILES string of the molecule is O=C(CCNC(=O)N1CCc2ccccc21)N1CCN(c2ncccn2)CC1. The van der Waals surface area contributed by atoms with Gasteiger partial charge in [0.25, 0.3) is 0 Å². The first-order valence-electron chi connectivity index (χ1n) is 9.65. The van der Waals surface area contributed by atoms with E-state index in [0.717, 1.165) is 12.1 Å². The summed E-state index contributed by atoms with van der Waals surface area (Å²) in [4.78, 5) is 39.1. The number of nitrogens with zero attached hydrogens (tertiary/aromatic N) is 5. The maximum absolute atomic E-state index is 12.5. The van der Waals surface area contributed by atoms with Gasteiger partial charge in [-0.2, -0.15) is 0 Å². The van der Waals surface area contributed by atoms with Gasteiger partial charge in [0, 0.05) is 63.8 Å². The second kappa shape index (κ2) is 8.24. The zero-order valence-corrected chi connectivity index (χ0v) is 15.8. The molecule has 8 nitrogen and oxygen atoms in total. The van der Waals surface area contributed by atoms with Crippen LogP contribution in [0.15, 0.2) is 42.7 Å². The van der Waals surface area contributed by atoms with Gasteiger partial charge in [-0.15, -0.1) is 0 Å². The lowest BCUT2D eigenvalue weighted by atomic mass is 10.2. The number of rotatable bonds is 4. The molecule has 1 fully saturated rings. The van der Waals surface area contributed by atoms with Gasteiger partial charge in [-0.1, -0.05) is 18.2 Å². The topological polar surface area (TPSA) is 81.7 Å². The molecule has 1 aromatic carbocycles. The van der Waals surface area contributed by atoms with Gasteiger partial charge in [0.1, 0.15) is 0 Å². The number of aromatic nitrogens is 2. The smallest absolute Gasteiger partial charge is 0.321 e. The van der Waals surface area contributed by atoms with Crippen LogP contribution in [-0.4, -0.2) is 66.1 Å². The number of benzene rings is 1. The van der Waals surface area contributed by atoms with E-state index in [4.69, 9.17) is 0 Å². The molecule has 0 bridgehead atoms. The van der Waals surface area contributed by atoms with Crippen LogP contribution in [0.25, 0.3) is 0 Å². The summed E-state index contributed by atoms with van der Waals surface area (Å²) in [6, 6.07) is 9.59. The zero-order chi connectivity index (χ0) is 19.3. The summed E-state index contributed by atoms with van der Waals surface area (Å²) in [5.41, 5.74) is 2.15. The minimum atomic E-state index is -0.135. The number of para-hydroxylation sites is 1. The van der Waals surface area contributed by atoms with Gasteiger partial charge in [-0.3, -0.25) is 9.69 Å². The van der Waals surface area contributed by atoms with E-state index in [9.17, 15) is 9.59 Å². The number of fused-ring (bicyclic) bond motifs is 1. The molecular weight excluding hydrogens is 356 g/mol. The summed E-state index contributed by atoms with van der Waals surface area (Å²) in [6.07, 6.45) is 4.63. The second-order valence-electron chi connectivity index (χ2n) is 6.93. The van der Waals surface area contributed by atoms with E-state index in [1.165, 1.54) is 5.56 Å². The molecule has 0 atom stereocenters. The van der Waals surface area contributed by atoms with E-state index >= 15 is 0 Å². The van der Waals surface area contributed by atoms with Crippen LogP contribution < -0.4 is 15.1 Å². The number of anilines is 2. The van der Waals surface area contributed by atoms with Crippen molar-refractivity contribution in [2.45, 2.75) is 12.8 Å². The van der Waals surface area contributed by atoms with Crippen molar-refractivity contribution in [3.8, 4) is 0 Å². The van der Waals surface area contributed by atoms with Gasteiger partial charge in [-0.25, -0.2) is 14.8 Å². The Hall–Kier alpha value is -3.16. The van der Waals surface area contributed by atoms with Crippen molar-refractivity contribution in [1.82, 2.24) is 20.2 Å². The lowest BCUT2D eigenvalue weighted by molar-refractivity contribution is -0.131. The molecule has 1 saturated heterocycles. The highest BCUT2D eigenvalue weighted by Gasteiger charge is 2.25. The van der Waals surface area contributed by atoms with Crippen molar-refractivity contribution in [1.29, 1.82) is 0 Å². The molecule has 4 rings (SSSR count). The Bertz CT molecular complexity index is 836. The van der Waals surface area contributed by atoms with Crippen molar-refractivity contribution in [2.24, 2.45) is 0 Å². The van der Waals surface area contributed by atoms with E-state index in [1.54, 1.807) is 23.4 Å². The van der Waals surface area contributed by atoms with Crippen molar-refractivity contribution in [3.63, 3.8) is 0 Å². The number of amides is 3. The molecule has 146 valence electrons. The molecule has 0 saturated carbocycles. The van der Waals surface area contributed by atoms with Gasteiger partial charge in [0.15, 0.2) is 0 Å². The van der Waals surface area contributed by atoms with Crippen molar-refractivity contribution in [3.05, 3.63) is 48.3 Å². The second-order valence-corrected chi connectivity index (χ2v) is 6.93. The number of hydrogen-bond donors (Lipinski definition) is 1. The number of urea groups is 1. The van der Waals surface area contributed by atoms with Crippen LogP contribution in [-0.2, 0) is 11.2 Å². The van der Waals surface area contributed by atoms with Gasteiger partial charge < -0.3 is 15.1 Å². The summed E-state index contributed by atoms with van der Waals surface area (Å²) in [7, 11) is 0. The average molecular weight is 380 g/mol. The van der Waals surface area contributed by atoms with Crippen LogP contribution in [0.4, 0.5) is 16.4 Å². The van der Waals surface area contributed by atoms with E-state index in [2.05, 4.69) is 20.2 Å². The summed E-state index contributed by atoms with van der Waals surface area (Å²) in [6.45, 7) is 3.75. The molecule has 0 spiro atoms. The molecule has 2 aliphatic rings. The van der Waals surface area contributed by atoms with Gasteiger partial charge in [0.2, 0.25) is 11.9 Å². The Balaban J connectivity index is 1.21. The first-order valence-corrected chi connectivity index (χ1v) is 9.65. The predicted molar refractivity (Wildman–Crippen MR) is 106 cm³/mol. The standard InChI is InChI=1S/C20H24N6O2/c27-18(24-12-14-25(15-13-24)19-21-8-3-9-22-19)6-10-23-20(28)26-11-7-16-4-1-2-5-17(16)26/h1-5,8-9H,6-7,10-15H2,(H,23,28). The van der Waals surface area contributed by atoms with Gasteiger partial charge in [0.05, 0.1) is 0 Å². The van der Waals surface area contributed by atoms with E-state index in [-0.39, 0.29) is 11.9 Å². The van der Waals surface area contributed by atoms with Crippen LogP contribution in [0.1, 0.15) is 12.0 Å². The molecule has 2 aromatic rings. The molecule has 8 heteroatoms. The summed E-state index contributed by atoms with van der Waals surface area (Å²) in [5, 5.41) is 2.88. The zero-order valence-electron chi connectivity index (χ0n) is 15.8. The van der Waals surface area contributed by atoms with Crippen LogP contribution in [0.5, 0.6) is 0 Å². The molecule has 3 amide bonds. The Labute approximate surface area is 164 Å². The van der Waals surface area contributed by atoms with E-state index in [1.807, 2.05) is 29.2 Å². The molecule has 2 aliphatic heterocycles.